The molecule has 78 valence electrons. The Kier molecular flexibility index (Phi) is 2.31. The number of benzene rings is 1. The van der Waals surface area contributed by atoms with E-state index in [-0.39, 0.29) is 5.56 Å². The summed E-state index contributed by atoms with van der Waals surface area (Å²) in [6, 6.07) is 3.96. The highest BCUT2D eigenvalue weighted by atomic mass is 16.1. The standard InChI is InChI=1S/C12H14N2O/c1-4-10-13-9-6-7(2)5-8(3)11(9)12(15)14-10/h5-6H,4H2,1-3H3,(H,13,14,15). The molecule has 0 saturated carbocycles. The summed E-state index contributed by atoms with van der Waals surface area (Å²) in [5.74, 6) is 0.748. The van der Waals surface area contributed by atoms with Gasteiger partial charge < -0.3 is 4.98 Å². The Bertz CT molecular complexity index is 570. The molecule has 15 heavy (non-hydrogen) atoms. The lowest BCUT2D eigenvalue weighted by molar-refractivity contribution is 0.943. The number of nitrogens with one attached hydrogen (secondary N) is 1. The molecule has 3 nitrogen and oxygen atoms in total. The zero-order valence-corrected chi connectivity index (χ0v) is 9.22. The highest BCUT2D eigenvalue weighted by Gasteiger charge is 2.05. The van der Waals surface area contributed by atoms with Crippen LogP contribution < -0.4 is 5.56 Å². The van der Waals surface area contributed by atoms with Crippen LogP contribution in [0, 0.1) is 13.8 Å². The van der Waals surface area contributed by atoms with E-state index in [1.165, 1.54) is 0 Å². The van der Waals surface area contributed by atoms with Gasteiger partial charge >= 0.3 is 0 Å². The van der Waals surface area contributed by atoms with Crippen molar-refractivity contribution in [2.75, 3.05) is 0 Å². The van der Waals surface area contributed by atoms with Crippen LogP contribution in [0.15, 0.2) is 16.9 Å². The number of rotatable bonds is 1. The van der Waals surface area contributed by atoms with Gasteiger partial charge in [-0.2, -0.15) is 0 Å². The minimum Gasteiger partial charge on any atom is -0.310 e. The van der Waals surface area contributed by atoms with Gasteiger partial charge in [-0.15, -0.1) is 0 Å². The summed E-state index contributed by atoms with van der Waals surface area (Å²) in [5, 5.41) is 0.706. The Hall–Kier alpha value is -1.64. The van der Waals surface area contributed by atoms with Gasteiger partial charge in [-0.1, -0.05) is 13.0 Å². The number of aromatic amines is 1. The van der Waals surface area contributed by atoms with Crippen molar-refractivity contribution in [1.29, 1.82) is 0 Å². The Morgan fingerprint density at radius 2 is 2.07 bits per heavy atom. The average Bonchev–Trinajstić information content (AvgIpc) is 2.15. The fourth-order valence-corrected chi connectivity index (χ4v) is 1.86. The second kappa shape index (κ2) is 3.50. The third-order valence-electron chi connectivity index (χ3n) is 2.53. The second-order valence-corrected chi connectivity index (χ2v) is 3.84. The first-order valence-corrected chi connectivity index (χ1v) is 5.12. The molecule has 2 aromatic rings. The first-order chi connectivity index (χ1) is 7.11. The Balaban J connectivity index is 2.91. The molecule has 0 aliphatic carbocycles. The van der Waals surface area contributed by atoms with E-state index in [1.807, 2.05) is 32.9 Å². The summed E-state index contributed by atoms with van der Waals surface area (Å²) in [6.45, 7) is 5.94. The lowest BCUT2D eigenvalue weighted by atomic mass is 10.1. The number of nitrogens with zero attached hydrogens (tertiary/aromatic N) is 1. The molecule has 0 aliphatic rings. The number of hydrogen-bond acceptors (Lipinski definition) is 2. The van der Waals surface area contributed by atoms with E-state index < -0.39 is 0 Å². The van der Waals surface area contributed by atoms with Gasteiger partial charge in [-0.3, -0.25) is 4.79 Å². The molecular weight excluding hydrogens is 188 g/mol. The minimum absolute atomic E-state index is 0.0330. The quantitative estimate of drug-likeness (QED) is 0.769. The molecule has 3 heteroatoms. The van der Waals surface area contributed by atoms with E-state index in [4.69, 9.17) is 0 Å². The van der Waals surface area contributed by atoms with Crippen molar-refractivity contribution in [2.24, 2.45) is 0 Å². The summed E-state index contributed by atoms with van der Waals surface area (Å²) in [5.41, 5.74) is 2.89. The van der Waals surface area contributed by atoms with E-state index in [9.17, 15) is 4.79 Å². The fourth-order valence-electron chi connectivity index (χ4n) is 1.86. The average molecular weight is 202 g/mol. The third-order valence-corrected chi connectivity index (χ3v) is 2.53. The van der Waals surface area contributed by atoms with E-state index in [0.717, 1.165) is 28.9 Å². The zero-order valence-electron chi connectivity index (χ0n) is 9.22. The fraction of sp³-hybridized carbons (Fsp3) is 0.333. The highest BCUT2D eigenvalue weighted by Crippen LogP contribution is 2.14. The van der Waals surface area contributed by atoms with E-state index in [1.54, 1.807) is 0 Å². The first kappa shape index (κ1) is 9.90. The molecule has 0 saturated heterocycles. The van der Waals surface area contributed by atoms with E-state index >= 15 is 0 Å². The predicted molar refractivity (Wildman–Crippen MR) is 61.2 cm³/mol. The minimum atomic E-state index is -0.0330. The lowest BCUT2D eigenvalue weighted by Crippen LogP contribution is -2.12. The zero-order chi connectivity index (χ0) is 11.0. The van der Waals surface area contributed by atoms with Gasteiger partial charge in [0, 0.05) is 6.42 Å². The molecule has 0 radical (unpaired) electrons. The molecule has 1 heterocycles. The monoisotopic (exact) mass is 202 g/mol. The number of H-pyrrole nitrogens is 1. The summed E-state index contributed by atoms with van der Waals surface area (Å²) in [4.78, 5) is 19.0. The molecule has 1 N–H and O–H groups in total. The van der Waals surface area contributed by atoms with Crippen molar-refractivity contribution >= 4 is 10.9 Å². The molecule has 0 spiro atoms. The maximum atomic E-state index is 11.8. The SMILES string of the molecule is CCc1nc2cc(C)cc(C)c2c(=O)[nH]1. The van der Waals surface area contributed by atoms with Gasteiger partial charge in [-0.05, 0) is 31.0 Å². The van der Waals surface area contributed by atoms with Gasteiger partial charge in [0.25, 0.3) is 5.56 Å². The van der Waals surface area contributed by atoms with Gasteiger partial charge in [0.15, 0.2) is 0 Å². The second-order valence-electron chi connectivity index (χ2n) is 3.84. The molecule has 2 rings (SSSR count). The number of aromatic nitrogens is 2. The van der Waals surface area contributed by atoms with Crippen LogP contribution >= 0.6 is 0 Å². The summed E-state index contributed by atoms with van der Waals surface area (Å²) in [6.07, 6.45) is 0.748. The summed E-state index contributed by atoms with van der Waals surface area (Å²) < 4.78 is 0. The van der Waals surface area contributed by atoms with Crippen LogP contribution in [0.4, 0.5) is 0 Å². The molecule has 1 aromatic heterocycles. The van der Waals surface area contributed by atoms with Crippen LogP contribution in [0.1, 0.15) is 23.9 Å². The van der Waals surface area contributed by atoms with Crippen molar-refractivity contribution < 1.29 is 0 Å². The van der Waals surface area contributed by atoms with Gasteiger partial charge in [0.05, 0.1) is 10.9 Å². The molecular formula is C12H14N2O. The van der Waals surface area contributed by atoms with Crippen LogP contribution in [0.2, 0.25) is 0 Å². The summed E-state index contributed by atoms with van der Waals surface area (Å²) >= 11 is 0. The van der Waals surface area contributed by atoms with Crippen molar-refractivity contribution in [3.05, 3.63) is 39.4 Å². The maximum absolute atomic E-state index is 11.8. The van der Waals surface area contributed by atoms with Gasteiger partial charge in [0.1, 0.15) is 5.82 Å². The van der Waals surface area contributed by atoms with Gasteiger partial charge in [0.2, 0.25) is 0 Å². The van der Waals surface area contributed by atoms with Crippen molar-refractivity contribution in [1.82, 2.24) is 9.97 Å². The van der Waals surface area contributed by atoms with Crippen molar-refractivity contribution in [3.63, 3.8) is 0 Å². The highest BCUT2D eigenvalue weighted by molar-refractivity contribution is 5.81. The van der Waals surface area contributed by atoms with E-state index in [0.29, 0.717) is 5.39 Å². The van der Waals surface area contributed by atoms with Crippen LogP contribution in [-0.4, -0.2) is 9.97 Å². The lowest BCUT2D eigenvalue weighted by Gasteiger charge is -2.04. The normalized spacial score (nSPS) is 10.9. The number of aryl methyl sites for hydroxylation is 3. The molecule has 0 amide bonds. The third kappa shape index (κ3) is 1.65. The molecule has 1 aromatic carbocycles. The Morgan fingerprint density at radius 3 is 2.73 bits per heavy atom. The number of hydrogen-bond donors (Lipinski definition) is 1. The van der Waals surface area contributed by atoms with Crippen LogP contribution in [-0.2, 0) is 6.42 Å². The predicted octanol–water partition coefficient (Wildman–Crippen LogP) is 2.10. The smallest absolute Gasteiger partial charge is 0.259 e. The first-order valence-electron chi connectivity index (χ1n) is 5.12. The van der Waals surface area contributed by atoms with Crippen LogP contribution in [0.25, 0.3) is 10.9 Å². The molecule has 0 unspecified atom stereocenters. The van der Waals surface area contributed by atoms with Crippen LogP contribution in [0.3, 0.4) is 0 Å². The maximum Gasteiger partial charge on any atom is 0.259 e. The van der Waals surface area contributed by atoms with E-state index in [2.05, 4.69) is 9.97 Å². The largest absolute Gasteiger partial charge is 0.310 e. The molecule has 0 atom stereocenters. The number of fused-ring (bicyclic) bond motifs is 1. The van der Waals surface area contributed by atoms with Crippen LogP contribution in [0.5, 0.6) is 0 Å². The molecule has 0 fully saturated rings. The van der Waals surface area contributed by atoms with Crippen molar-refractivity contribution in [3.8, 4) is 0 Å². The topological polar surface area (TPSA) is 45.8 Å². The molecule has 0 aliphatic heterocycles. The Morgan fingerprint density at radius 1 is 1.33 bits per heavy atom. The Labute approximate surface area is 88.2 Å². The summed E-state index contributed by atoms with van der Waals surface area (Å²) in [7, 11) is 0. The van der Waals surface area contributed by atoms with Gasteiger partial charge in [-0.25, -0.2) is 4.98 Å². The van der Waals surface area contributed by atoms with Crippen molar-refractivity contribution in [2.45, 2.75) is 27.2 Å². The molecule has 0 bridgehead atoms.